The fraction of sp³-hybridized carbons (Fsp3) is 0.400. The van der Waals surface area contributed by atoms with E-state index < -0.39 is 0 Å². The molecule has 0 aliphatic heterocycles. The van der Waals surface area contributed by atoms with Gasteiger partial charge in [0.05, 0.1) is 0 Å². The first-order chi connectivity index (χ1) is 9.65. The van der Waals surface area contributed by atoms with Crippen molar-refractivity contribution in [2.45, 2.75) is 31.7 Å². The number of nitrogens with two attached hydrogens (primary N) is 1. The van der Waals surface area contributed by atoms with E-state index in [2.05, 4.69) is 10.3 Å². The summed E-state index contributed by atoms with van der Waals surface area (Å²) in [6.45, 7) is 0.621. The Labute approximate surface area is 122 Å². The van der Waals surface area contributed by atoms with E-state index in [9.17, 15) is 4.79 Å². The summed E-state index contributed by atoms with van der Waals surface area (Å²) in [7, 11) is 0. The average Bonchev–Trinajstić information content (AvgIpc) is 2.77. The van der Waals surface area contributed by atoms with Crippen LogP contribution < -0.4 is 11.1 Å². The van der Waals surface area contributed by atoms with E-state index in [0.717, 1.165) is 29.8 Å². The maximum Gasteiger partial charge on any atom is 0.218 e. The molecule has 1 heterocycles. The summed E-state index contributed by atoms with van der Waals surface area (Å²) in [6, 6.07) is 6.22. The first-order valence-electron chi connectivity index (χ1n) is 6.97. The van der Waals surface area contributed by atoms with Gasteiger partial charge >= 0.3 is 0 Å². The Morgan fingerprint density at radius 3 is 3.15 bits per heavy atom. The van der Waals surface area contributed by atoms with Crippen molar-refractivity contribution in [2.24, 2.45) is 5.73 Å². The van der Waals surface area contributed by atoms with Gasteiger partial charge < -0.3 is 16.0 Å². The van der Waals surface area contributed by atoms with Crippen LogP contribution >= 0.6 is 11.6 Å². The molecule has 1 atom stereocenters. The van der Waals surface area contributed by atoms with E-state index in [1.807, 2.05) is 18.2 Å². The number of benzene rings is 1. The monoisotopic (exact) mass is 291 g/mol. The fourth-order valence-corrected chi connectivity index (χ4v) is 3.18. The summed E-state index contributed by atoms with van der Waals surface area (Å²) in [5, 5.41) is 5.40. The van der Waals surface area contributed by atoms with E-state index in [0.29, 0.717) is 13.0 Å². The zero-order chi connectivity index (χ0) is 14.1. The SMILES string of the molecule is NC(=O)CCNC1CCCc2c1[nH]c1ccc(Cl)cc21. The Morgan fingerprint density at radius 1 is 1.50 bits per heavy atom. The molecule has 3 rings (SSSR count). The third-order valence-corrected chi connectivity index (χ3v) is 4.17. The van der Waals surface area contributed by atoms with Crippen molar-refractivity contribution in [3.63, 3.8) is 0 Å². The Bertz CT molecular complexity index is 650. The number of rotatable bonds is 4. The molecule has 4 nitrogen and oxygen atoms in total. The average molecular weight is 292 g/mol. The molecule has 0 radical (unpaired) electrons. The predicted octanol–water partition coefficient (Wildman–Crippen LogP) is 2.66. The molecule has 0 saturated carbocycles. The van der Waals surface area contributed by atoms with Crippen molar-refractivity contribution in [2.75, 3.05) is 6.54 Å². The summed E-state index contributed by atoms with van der Waals surface area (Å²) >= 11 is 6.09. The Hall–Kier alpha value is -1.52. The molecule has 4 N–H and O–H groups in total. The summed E-state index contributed by atoms with van der Waals surface area (Å²) in [6.07, 6.45) is 3.66. The van der Waals surface area contributed by atoms with Crippen molar-refractivity contribution >= 4 is 28.4 Å². The number of hydrogen-bond donors (Lipinski definition) is 3. The van der Waals surface area contributed by atoms with E-state index in [-0.39, 0.29) is 11.9 Å². The molecule has 1 aliphatic carbocycles. The molecule has 2 aromatic rings. The molecule has 0 spiro atoms. The molecule has 1 aromatic carbocycles. The third-order valence-electron chi connectivity index (χ3n) is 3.93. The minimum absolute atomic E-state index is 0.267. The zero-order valence-corrected chi connectivity index (χ0v) is 12.0. The number of aryl methyl sites for hydroxylation is 1. The second kappa shape index (κ2) is 5.46. The topological polar surface area (TPSA) is 70.9 Å². The highest BCUT2D eigenvalue weighted by Gasteiger charge is 2.23. The standard InChI is InChI=1S/C15H18ClN3O/c16-9-4-5-12-11(8-9)10-2-1-3-13(15(10)19-12)18-7-6-14(17)20/h4-5,8,13,18-19H,1-3,6-7H2,(H2,17,20). The van der Waals surface area contributed by atoms with Gasteiger partial charge in [-0.25, -0.2) is 0 Å². The molecule has 0 bridgehead atoms. The number of carbonyl (C=O) groups excluding carboxylic acids is 1. The van der Waals surface area contributed by atoms with E-state index in [1.165, 1.54) is 16.6 Å². The zero-order valence-electron chi connectivity index (χ0n) is 11.2. The molecule has 5 heteroatoms. The summed E-state index contributed by atoms with van der Waals surface area (Å²) < 4.78 is 0. The number of amides is 1. The molecular weight excluding hydrogens is 274 g/mol. The van der Waals surface area contributed by atoms with Gasteiger partial charge in [-0.3, -0.25) is 4.79 Å². The molecule has 0 fully saturated rings. The lowest BCUT2D eigenvalue weighted by Crippen LogP contribution is -2.28. The highest BCUT2D eigenvalue weighted by Crippen LogP contribution is 2.35. The highest BCUT2D eigenvalue weighted by molar-refractivity contribution is 6.31. The second-order valence-corrected chi connectivity index (χ2v) is 5.76. The van der Waals surface area contributed by atoms with Crippen LogP contribution in [0.2, 0.25) is 5.02 Å². The summed E-state index contributed by atoms with van der Waals surface area (Å²) in [5.41, 5.74) is 8.89. The molecule has 0 saturated heterocycles. The highest BCUT2D eigenvalue weighted by atomic mass is 35.5. The van der Waals surface area contributed by atoms with Gasteiger partial charge in [0.2, 0.25) is 5.91 Å². The van der Waals surface area contributed by atoms with Crippen LogP contribution in [0.3, 0.4) is 0 Å². The molecule has 20 heavy (non-hydrogen) atoms. The molecule has 1 unspecified atom stereocenters. The number of nitrogens with one attached hydrogen (secondary N) is 2. The Kier molecular flexibility index (Phi) is 3.68. The van der Waals surface area contributed by atoms with Crippen molar-refractivity contribution in [3.8, 4) is 0 Å². The quantitative estimate of drug-likeness (QED) is 0.810. The number of H-pyrrole nitrogens is 1. The number of fused-ring (bicyclic) bond motifs is 3. The Balaban J connectivity index is 1.88. The minimum Gasteiger partial charge on any atom is -0.370 e. The van der Waals surface area contributed by atoms with Gasteiger partial charge in [-0.15, -0.1) is 0 Å². The van der Waals surface area contributed by atoms with E-state index in [1.54, 1.807) is 0 Å². The van der Waals surface area contributed by atoms with Crippen LogP contribution in [-0.4, -0.2) is 17.4 Å². The molecule has 1 amide bonds. The van der Waals surface area contributed by atoms with Crippen LogP contribution in [0.5, 0.6) is 0 Å². The van der Waals surface area contributed by atoms with Crippen LogP contribution in [-0.2, 0) is 11.2 Å². The summed E-state index contributed by atoms with van der Waals surface area (Å²) in [5.74, 6) is -0.267. The van der Waals surface area contributed by atoms with Gasteiger partial charge in [-0.1, -0.05) is 11.6 Å². The molecular formula is C15H18ClN3O. The largest absolute Gasteiger partial charge is 0.370 e. The lowest BCUT2D eigenvalue weighted by Gasteiger charge is -2.23. The number of halogens is 1. The molecule has 106 valence electrons. The first-order valence-corrected chi connectivity index (χ1v) is 7.34. The maximum atomic E-state index is 10.8. The van der Waals surface area contributed by atoms with Gasteiger partial charge in [0.15, 0.2) is 0 Å². The van der Waals surface area contributed by atoms with Gasteiger partial charge in [0.25, 0.3) is 0 Å². The number of aromatic nitrogens is 1. The second-order valence-electron chi connectivity index (χ2n) is 5.32. The van der Waals surface area contributed by atoms with Crippen LogP contribution in [0.4, 0.5) is 0 Å². The van der Waals surface area contributed by atoms with Gasteiger partial charge in [0, 0.05) is 40.6 Å². The first kappa shape index (κ1) is 13.5. The lowest BCUT2D eigenvalue weighted by molar-refractivity contribution is -0.117. The lowest BCUT2D eigenvalue weighted by atomic mass is 9.91. The minimum atomic E-state index is -0.267. The summed E-state index contributed by atoms with van der Waals surface area (Å²) in [4.78, 5) is 14.3. The van der Waals surface area contributed by atoms with Crippen molar-refractivity contribution < 1.29 is 4.79 Å². The number of hydrogen-bond acceptors (Lipinski definition) is 2. The fourth-order valence-electron chi connectivity index (χ4n) is 3.01. The maximum absolute atomic E-state index is 10.8. The van der Waals surface area contributed by atoms with Crippen molar-refractivity contribution in [3.05, 3.63) is 34.5 Å². The number of aromatic amines is 1. The van der Waals surface area contributed by atoms with Gasteiger partial charge in [-0.05, 0) is 43.0 Å². The van der Waals surface area contributed by atoms with Crippen LogP contribution in [0, 0.1) is 0 Å². The van der Waals surface area contributed by atoms with Crippen LogP contribution in [0.1, 0.15) is 36.6 Å². The van der Waals surface area contributed by atoms with Crippen molar-refractivity contribution in [1.82, 2.24) is 10.3 Å². The predicted molar refractivity (Wildman–Crippen MR) is 80.8 cm³/mol. The van der Waals surface area contributed by atoms with Gasteiger partial charge in [0.1, 0.15) is 0 Å². The van der Waals surface area contributed by atoms with E-state index >= 15 is 0 Å². The molecule has 1 aliphatic rings. The van der Waals surface area contributed by atoms with E-state index in [4.69, 9.17) is 17.3 Å². The van der Waals surface area contributed by atoms with Crippen LogP contribution in [0.15, 0.2) is 18.2 Å². The van der Waals surface area contributed by atoms with Crippen molar-refractivity contribution in [1.29, 1.82) is 0 Å². The number of primary amides is 1. The Morgan fingerprint density at radius 2 is 2.35 bits per heavy atom. The normalized spacial score (nSPS) is 18.1. The smallest absolute Gasteiger partial charge is 0.218 e. The third kappa shape index (κ3) is 2.53. The molecule has 1 aromatic heterocycles. The number of carbonyl (C=O) groups is 1. The van der Waals surface area contributed by atoms with Gasteiger partial charge in [-0.2, -0.15) is 0 Å². The van der Waals surface area contributed by atoms with Crippen LogP contribution in [0.25, 0.3) is 10.9 Å².